The van der Waals surface area contributed by atoms with Crippen molar-refractivity contribution in [1.82, 2.24) is 4.31 Å². The Bertz CT molecular complexity index is 749. The number of hydrogen-bond donors (Lipinski definition) is 0. The molecule has 0 unspecified atom stereocenters. The van der Waals surface area contributed by atoms with Gasteiger partial charge in [-0.25, -0.2) is 9.30 Å². The molecule has 0 radical (unpaired) electrons. The van der Waals surface area contributed by atoms with Crippen molar-refractivity contribution in [1.29, 1.82) is 0 Å². The zero-order valence-corrected chi connectivity index (χ0v) is 17.0. The summed E-state index contributed by atoms with van der Waals surface area (Å²) in [4.78, 5) is 4.86. The molecule has 3 nitrogen and oxygen atoms in total. The van der Waals surface area contributed by atoms with Gasteiger partial charge in [-0.3, -0.25) is 0 Å². The molecule has 4 heteroatoms. The van der Waals surface area contributed by atoms with Crippen molar-refractivity contribution >= 4 is 23.2 Å². The molecule has 0 saturated carbocycles. The number of fused-ring (bicyclic) bond motifs is 1. The third kappa shape index (κ3) is 3.50. The summed E-state index contributed by atoms with van der Waals surface area (Å²) in [7, 11) is 0. The van der Waals surface area contributed by atoms with Crippen LogP contribution in [0.25, 0.3) is 5.57 Å². The van der Waals surface area contributed by atoms with Gasteiger partial charge < -0.3 is 4.74 Å². The van der Waals surface area contributed by atoms with Crippen molar-refractivity contribution in [3.63, 3.8) is 0 Å². The molecule has 2 heterocycles. The number of aryl methyl sites for hydroxylation is 3. The van der Waals surface area contributed by atoms with Gasteiger partial charge in [-0.2, -0.15) is 0 Å². The van der Waals surface area contributed by atoms with E-state index in [1.807, 2.05) is 0 Å². The number of benzene rings is 1. The first-order valence-electron chi connectivity index (χ1n) is 9.12. The summed E-state index contributed by atoms with van der Waals surface area (Å²) in [5, 5.41) is 0. The molecule has 0 fully saturated rings. The quantitative estimate of drug-likeness (QED) is 0.627. The predicted molar refractivity (Wildman–Crippen MR) is 109 cm³/mol. The Kier molecular flexibility index (Phi) is 5.28. The summed E-state index contributed by atoms with van der Waals surface area (Å²) in [5.74, 6) is 2.90. The minimum Gasteiger partial charge on any atom is -0.475 e. The summed E-state index contributed by atoms with van der Waals surface area (Å²) < 4.78 is 8.47. The fourth-order valence-electron chi connectivity index (χ4n) is 3.64. The van der Waals surface area contributed by atoms with E-state index in [0.29, 0.717) is 0 Å². The van der Waals surface area contributed by atoms with Crippen LogP contribution in [0.5, 0.6) is 0 Å². The Morgan fingerprint density at radius 2 is 1.76 bits per heavy atom. The minimum atomic E-state index is 0.255. The van der Waals surface area contributed by atoms with Gasteiger partial charge in [0.15, 0.2) is 5.82 Å². The number of aliphatic imine (C=N–C) groups is 1. The van der Waals surface area contributed by atoms with Gasteiger partial charge in [-0.15, -0.1) is 0 Å². The zero-order valence-electron chi connectivity index (χ0n) is 16.1. The Morgan fingerprint density at radius 3 is 2.36 bits per heavy atom. The van der Waals surface area contributed by atoms with E-state index >= 15 is 0 Å². The highest BCUT2D eigenvalue weighted by Crippen LogP contribution is 2.44. The number of ether oxygens (including phenoxy) is 1. The van der Waals surface area contributed by atoms with Crippen molar-refractivity contribution in [3.8, 4) is 0 Å². The van der Waals surface area contributed by atoms with Crippen LogP contribution in [0.15, 0.2) is 34.9 Å². The average molecular weight is 357 g/mol. The van der Waals surface area contributed by atoms with E-state index in [-0.39, 0.29) is 6.10 Å². The SMILES string of the molecule is CCC(CC)OC1=CC(C)=NC2=C(c3c(C)cc(C)cc3C)CSN12. The third-order valence-corrected chi connectivity index (χ3v) is 5.82. The maximum absolute atomic E-state index is 6.29. The molecule has 3 rings (SSSR count). The van der Waals surface area contributed by atoms with Crippen LogP contribution in [0, 0.1) is 20.8 Å². The molecule has 2 aliphatic heterocycles. The minimum absolute atomic E-state index is 0.255. The predicted octanol–water partition coefficient (Wildman–Crippen LogP) is 5.77. The monoisotopic (exact) mass is 356 g/mol. The smallest absolute Gasteiger partial charge is 0.207 e. The van der Waals surface area contributed by atoms with E-state index in [1.165, 1.54) is 27.8 Å². The van der Waals surface area contributed by atoms with Gasteiger partial charge in [0, 0.05) is 23.1 Å². The Morgan fingerprint density at radius 1 is 1.12 bits per heavy atom. The van der Waals surface area contributed by atoms with Crippen molar-refractivity contribution in [2.24, 2.45) is 4.99 Å². The van der Waals surface area contributed by atoms with Gasteiger partial charge in [0.2, 0.25) is 5.88 Å². The van der Waals surface area contributed by atoms with E-state index in [0.717, 1.165) is 36.0 Å². The van der Waals surface area contributed by atoms with Crippen LogP contribution in [0.2, 0.25) is 0 Å². The third-order valence-electron chi connectivity index (χ3n) is 4.79. The van der Waals surface area contributed by atoms with Crippen LogP contribution >= 0.6 is 11.9 Å². The molecular weight excluding hydrogens is 328 g/mol. The second kappa shape index (κ2) is 7.28. The van der Waals surface area contributed by atoms with Gasteiger partial charge in [0.05, 0.1) is 6.10 Å². The number of hydrogen-bond acceptors (Lipinski definition) is 4. The van der Waals surface area contributed by atoms with Crippen LogP contribution in [-0.4, -0.2) is 21.9 Å². The fraction of sp³-hybridized carbons (Fsp3) is 0.476. The Hall–Kier alpha value is -1.68. The van der Waals surface area contributed by atoms with E-state index < -0.39 is 0 Å². The topological polar surface area (TPSA) is 24.8 Å². The number of nitrogens with zero attached hydrogens (tertiary/aromatic N) is 2. The lowest BCUT2D eigenvalue weighted by Crippen LogP contribution is -2.23. The van der Waals surface area contributed by atoms with Gasteiger partial charge in [0.1, 0.15) is 0 Å². The van der Waals surface area contributed by atoms with Crippen molar-refractivity contribution in [2.75, 3.05) is 5.75 Å². The lowest BCUT2D eigenvalue weighted by molar-refractivity contribution is 0.0802. The second-order valence-electron chi connectivity index (χ2n) is 6.94. The van der Waals surface area contributed by atoms with E-state index in [9.17, 15) is 0 Å². The summed E-state index contributed by atoms with van der Waals surface area (Å²) in [6.45, 7) is 13.0. The van der Waals surface area contributed by atoms with Crippen LogP contribution in [0.3, 0.4) is 0 Å². The second-order valence-corrected chi connectivity index (χ2v) is 7.85. The molecule has 1 aromatic carbocycles. The maximum Gasteiger partial charge on any atom is 0.207 e. The molecular formula is C21H28N2OS. The van der Waals surface area contributed by atoms with E-state index in [1.54, 1.807) is 11.9 Å². The molecule has 0 aliphatic carbocycles. The van der Waals surface area contributed by atoms with Crippen LogP contribution in [0.1, 0.15) is 55.9 Å². The maximum atomic E-state index is 6.29. The van der Waals surface area contributed by atoms with Crippen molar-refractivity contribution < 1.29 is 4.74 Å². The molecule has 0 spiro atoms. The van der Waals surface area contributed by atoms with E-state index in [2.05, 4.69) is 64.1 Å². The highest BCUT2D eigenvalue weighted by atomic mass is 32.2. The van der Waals surface area contributed by atoms with Crippen LogP contribution < -0.4 is 0 Å². The molecule has 0 aromatic heterocycles. The zero-order chi connectivity index (χ0) is 18.1. The molecule has 0 atom stereocenters. The van der Waals surface area contributed by atoms with Crippen LogP contribution in [0.4, 0.5) is 0 Å². The fourth-order valence-corrected chi connectivity index (χ4v) is 4.67. The number of allylic oxidation sites excluding steroid dienone is 1. The molecule has 2 aliphatic rings. The van der Waals surface area contributed by atoms with Crippen LogP contribution in [-0.2, 0) is 4.74 Å². The standard InChI is InChI=1S/C21H28N2OS/c1-7-17(8-2)24-19-11-16(6)22-21-18(12-25-23(19)21)20-14(4)9-13(3)10-15(20)5/h9-11,17H,7-8,12H2,1-6H3. The summed E-state index contributed by atoms with van der Waals surface area (Å²) >= 11 is 1.78. The van der Waals surface area contributed by atoms with Gasteiger partial charge in [-0.05, 0) is 69.2 Å². The first kappa shape index (κ1) is 18.1. The Labute approximate surface area is 156 Å². The lowest BCUT2D eigenvalue weighted by Gasteiger charge is -2.28. The first-order valence-corrected chi connectivity index (χ1v) is 10.1. The Balaban J connectivity index is 2.03. The van der Waals surface area contributed by atoms with Crippen molar-refractivity contribution in [3.05, 3.63) is 52.2 Å². The molecule has 134 valence electrons. The highest BCUT2D eigenvalue weighted by molar-refractivity contribution is 7.98. The van der Waals surface area contributed by atoms with Gasteiger partial charge >= 0.3 is 0 Å². The largest absolute Gasteiger partial charge is 0.475 e. The molecule has 1 aromatic rings. The lowest BCUT2D eigenvalue weighted by atomic mass is 9.94. The summed E-state index contributed by atoms with van der Waals surface area (Å²) in [6.07, 6.45) is 4.35. The highest BCUT2D eigenvalue weighted by Gasteiger charge is 2.32. The normalized spacial score (nSPS) is 17.0. The molecule has 0 amide bonds. The molecule has 0 N–H and O–H groups in total. The number of rotatable bonds is 5. The first-order chi connectivity index (χ1) is 11.9. The molecule has 0 bridgehead atoms. The molecule has 0 saturated heterocycles. The summed E-state index contributed by atoms with van der Waals surface area (Å²) in [5.41, 5.74) is 7.64. The van der Waals surface area contributed by atoms with Crippen molar-refractivity contribution in [2.45, 2.75) is 60.5 Å². The summed E-state index contributed by atoms with van der Waals surface area (Å²) in [6, 6.07) is 4.53. The van der Waals surface area contributed by atoms with Gasteiger partial charge in [-0.1, -0.05) is 31.5 Å². The average Bonchev–Trinajstić information content (AvgIpc) is 2.95. The van der Waals surface area contributed by atoms with E-state index in [4.69, 9.17) is 9.73 Å². The van der Waals surface area contributed by atoms with Gasteiger partial charge in [0.25, 0.3) is 0 Å². The molecule has 25 heavy (non-hydrogen) atoms.